The first-order valence-electron chi connectivity index (χ1n) is 8.97. The van der Waals surface area contributed by atoms with Gasteiger partial charge in [0.05, 0.1) is 5.69 Å². The lowest BCUT2D eigenvalue weighted by atomic mass is 10.2. The summed E-state index contributed by atoms with van der Waals surface area (Å²) in [5, 5.41) is 4.44. The van der Waals surface area contributed by atoms with E-state index < -0.39 is 0 Å². The van der Waals surface area contributed by atoms with Crippen LogP contribution in [0.2, 0.25) is 0 Å². The number of carbonyl (C=O) groups is 1. The molecule has 7 nitrogen and oxygen atoms in total. The van der Waals surface area contributed by atoms with Crippen molar-refractivity contribution < 1.29 is 4.79 Å². The number of hydrogen-bond acceptors (Lipinski definition) is 4. The molecule has 0 aliphatic rings. The van der Waals surface area contributed by atoms with Crippen LogP contribution in [-0.2, 0) is 11.3 Å². The fourth-order valence-electron chi connectivity index (χ4n) is 3.27. The first-order chi connectivity index (χ1) is 12.0. The summed E-state index contributed by atoms with van der Waals surface area (Å²) in [5.74, 6) is 0.273. The minimum absolute atomic E-state index is 0.0508. The second-order valence-corrected chi connectivity index (χ2v) is 7.34. The first kappa shape index (κ1) is 19.9. The molecule has 0 saturated heterocycles. The molecular weight excluding hydrogens is 330 g/mol. The van der Waals surface area contributed by atoms with Crippen molar-refractivity contribution in [1.29, 1.82) is 0 Å². The van der Waals surface area contributed by atoms with Crippen molar-refractivity contribution in [3.05, 3.63) is 39.1 Å². The predicted octanol–water partition coefficient (Wildman–Crippen LogP) is 2.31. The largest absolute Gasteiger partial charge is 0.336 e. The van der Waals surface area contributed by atoms with E-state index >= 15 is 0 Å². The highest BCUT2D eigenvalue weighted by molar-refractivity contribution is 5.76. The van der Waals surface area contributed by atoms with E-state index in [1.54, 1.807) is 23.4 Å². The van der Waals surface area contributed by atoms with E-state index in [2.05, 4.69) is 10.1 Å². The van der Waals surface area contributed by atoms with Gasteiger partial charge < -0.3 is 4.90 Å². The van der Waals surface area contributed by atoms with Crippen LogP contribution in [0.4, 0.5) is 0 Å². The molecule has 0 aliphatic heterocycles. The zero-order valence-electron chi connectivity index (χ0n) is 17.0. The summed E-state index contributed by atoms with van der Waals surface area (Å²) in [6, 6.07) is 2.02. The fourth-order valence-corrected chi connectivity index (χ4v) is 3.27. The van der Waals surface area contributed by atoms with Crippen LogP contribution in [0.1, 0.15) is 50.3 Å². The molecule has 0 N–H and O–H groups in total. The number of aryl methyl sites for hydroxylation is 3. The molecule has 2 rings (SSSR count). The van der Waals surface area contributed by atoms with Gasteiger partial charge in [0.25, 0.3) is 5.56 Å². The van der Waals surface area contributed by atoms with E-state index in [1.807, 2.05) is 47.6 Å². The van der Waals surface area contributed by atoms with Gasteiger partial charge in [-0.05, 0) is 61.5 Å². The second kappa shape index (κ2) is 7.43. The van der Waals surface area contributed by atoms with Crippen LogP contribution in [0.5, 0.6) is 0 Å². The molecule has 0 spiro atoms. The second-order valence-electron chi connectivity index (χ2n) is 7.34. The van der Waals surface area contributed by atoms with Crippen LogP contribution in [-0.4, -0.2) is 42.2 Å². The molecule has 0 aliphatic carbocycles. The third kappa shape index (κ3) is 3.71. The summed E-state index contributed by atoms with van der Waals surface area (Å²) in [6.07, 6.45) is 0. The molecule has 2 heterocycles. The highest BCUT2D eigenvalue weighted by Crippen LogP contribution is 2.13. The van der Waals surface area contributed by atoms with Gasteiger partial charge in [-0.15, -0.1) is 0 Å². The van der Waals surface area contributed by atoms with E-state index in [1.165, 1.54) is 4.57 Å². The molecule has 142 valence electrons. The number of amides is 1. The van der Waals surface area contributed by atoms with E-state index in [0.717, 1.165) is 11.4 Å². The molecule has 2 aromatic rings. The summed E-state index contributed by atoms with van der Waals surface area (Å²) < 4.78 is 3.06. The Bertz CT molecular complexity index is 869. The Morgan fingerprint density at radius 3 is 2.15 bits per heavy atom. The number of carbonyl (C=O) groups excluding carboxylic acids is 1. The number of rotatable bonds is 5. The zero-order chi connectivity index (χ0) is 19.8. The number of nitrogens with zero attached hydrogens (tertiary/aromatic N) is 5. The minimum atomic E-state index is -0.208. The van der Waals surface area contributed by atoms with Gasteiger partial charge >= 0.3 is 0 Å². The summed E-state index contributed by atoms with van der Waals surface area (Å²) in [6.45, 7) is 15.2. The van der Waals surface area contributed by atoms with Crippen LogP contribution in [0.25, 0.3) is 5.95 Å². The normalized spacial score (nSPS) is 11.5. The molecule has 0 atom stereocenters. The van der Waals surface area contributed by atoms with Crippen molar-refractivity contribution in [2.45, 2.75) is 74.0 Å². The third-order valence-corrected chi connectivity index (χ3v) is 4.51. The Labute approximate surface area is 154 Å². The maximum Gasteiger partial charge on any atom is 0.258 e. The van der Waals surface area contributed by atoms with Gasteiger partial charge in [-0.3, -0.25) is 14.2 Å². The lowest BCUT2D eigenvalue weighted by Gasteiger charge is -2.31. The highest BCUT2D eigenvalue weighted by atomic mass is 16.2. The van der Waals surface area contributed by atoms with Gasteiger partial charge in [-0.2, -0.15) is 5.10 Å². The zero-order valence-corrected chi connectivity index (χ0v) is 17.0. The molecule has 0 saturated carbocycles. The van der Waals surface area contributed by atoms with Crippen molar-refractivity contribution in [2.75, 3.05) is 0 Å². The van der Waals surface area contributed by atoms with Crippen molar-refractivity contribution in [3.8, 4) is 5.95 Å². The van der Waals surface area contributed by atoms with Crippen molar-refractivity contribution in [3.63, 3.8) is 0 Å². The predicted molar refractivity (Wildman–Crippen MR) is 102 cm³/mol. The van der Waals surface area contributed by atoms with E-state index in [0.29, 0.717) is 17.2 Å². The molecule has 26 heavy (non-hydrogen) atoms. The maximum absolute atomic E-state index is 12.9. The average molecular weight is 359 g/mol. The monoisotopic (exact) mass is 359 g/mol. The Morgan fingerprint density at radius 1 is 1.12 bits per heavy atom. The van der Waals surface area contributed by atoms with E-state index in [4.69, 9.17) is 0 Å². The number of hydrogen-bond donors (Lipinski definition) is 0. The van der Waals surface area contributed by atoms with Crippen LogP contribution in [0.15, 0.2) is 10.9 Å². The van der Waals surface area contributed by atoms with Crippen LogP contribution in [0, 0.1) is 27.7 Å². The van der Waals surface area contributed by atoms with Crippen molar-refractivity contribution in [2.24, 2.45) is 0 Å². The Kier molecular flexibility index (Phi) is 5.68. The summed E-state index contributed by atoms with van der Waals surface area (Å²) in [4.78, 5) is 32.2. The maximum atomic E-state index is 12.9. The smallest absolute Gasteiger partial charge is 0.258 e. The topological polar surface area (TPSA) is 73.0 Å². The Morgan fingerprint density at radius 2 is 1.69 bits per heavy atom. The van der Waals surface area contributed by atoms with Gasteiger partial charge in [0.1, 0.15) is 6.54 Å². The van der Waals surface area contributed by atoms with Gasteiger partial charge in [0.2, 0.25) is 11.9 Å². The van der Waals surface area contributed by atoms with Gasteiger partial charge in [0, 0.05) is 29.0 Å². The van der Waals surface area contributed by atoms with Crippen LogP contribution in [0.3, 0.4) is 0 Å². The fraction of sp³-hybridized carbons (Fsp3) is 0.579. The quantitative estimate of drug-likeness (QED) is 0.821. The molecule has 0 aromatic carbocycles. The van der Waals surface area contributed by atoms with E-state index in [9.17, 15) is 9.59 Å². The third-order valence-electron chi connectivity index (χ3n) is 4.51. The molecule has 0 unspecified atom stereocenters. The highest BCUT2D eigenvalue weighted by Gasteiger charge is 2.24. The molecule has 2 aromatic heterocycles. The van der Waals surface area contributed by atoms with Crippen molar-refractivity contribution in [1.82, 2.24) is 24.2 Å². The average Bonchev–Trinajstić information content (AvgIpc) is 2.85. The number of aromatic nitrogens is 4. The SMILES string of the molecule is Cc1cc(C)n(-c2nc(C)c(C)c(=O)n2CC(=O)N(C(C)C)C(C)C)n1. The standard InChI is InChI=1S/C19H29N5O2/c1-11(2)23(12(3)4)17(25)10-22-18(26)15(7)16(8)20-19(22)24-14(6)9-13(5)21-24/h9,11-12H,10H2,1-8H3. The summed E-state index contributed by atoms with van der Waals surface area (Å²) in [7, 11) is 0. The van der Waals surface area contributed by atoms with Crippen LogP contribution >= 0.6 is 0 Å². The molecule has 0 radical (unpaired) electrons. The molecule has 1 amide bonds. The summed E-state index contributed by atoms with van der Waals surface area (Å²) in [5.41, 5.74) is 2.68. The Hall–Kier alpha value is -2.44. The first-order valence-corrected chi connectivity index (χ1v) is 8.97. The van der Waals surface area contributed by atoms with E-state index in [-0.39, 0.29) is 30.1 Å². The van der Waals surface area contributed by atoms with Gasteiger partial charge in [0.15, 0.2) is 0 Å². The van der Waals surface area contributed by atoms with Crippen LogP contribution < -0.4 is 5.56 Å². The van der Waals surface area contributed by atoms with Crippen molar-refractivity contribution >= 4 is 5.91 Å². The lowest BCUT2D eigenvalue weighted by molar-refractivity contribution is -0.135. The lowest BCUT2D eigenvalue weighted by Crippen LogP contribution is -2.45. The van der Waals surface area contributed by atoms with Gasteiger partial charge in [-0.25, -0.2) is 9.67 Å². The minimum Gasteiger partial charge on any atom is -0.336 e. The molecule has 7 heteroatoms. The van der Waals surface area contributed by atoms with Gasteiger partial charge in [-0.1, -0.05) is 0 Å². The molecular formula is C19H29N5O2. The molecule has 0 fully saturated rings. The molecule has 0 bridgehead atoms. The Balaban J connectivity index is 2.61. The summed E-state index contributed by atoms with van der Waals surface area (Å²) >= 11 is 0.